The third-order valence-electron chi connectivity index (χ3n) is 4.06. The molecule has 138 valence electrons. The summed E-state index contributed by atoms with van der Waals surface area (Å²) in [4.78, 5) is 12.0. The monoisotopic (exact) mass is 353 g/mol. The van der Waals surface area contributed by atoms with E-state index in [1.54, 1.807) is 7.11 Å². The van der Waals surface area contributed by atoms with Crippen LogP contribution in [0.3, 0.4) is 0 Å². The molecule has 2 aromatic rings. The van der Waals surface area contributed by atoms with Gasteiger partial charge in [-0.2, -0.15) is 5.10 Å². The molecule has 0 radical (unpaired) electrons. The molecule has 2 rings (SSSR count). The van der Waals surface area contributed by atoms with Crippen molar-refractivity contribution in [1.82, 2.24) is 5.43 Å². The van der Waals surface area contributed by atoms with Gasteiger partial charge in [-0.05, 0) is 47.7 Å². The molecule has 0 aliphatic heterocycles. The van der Waals surface area contributed by atoms with E-state index in [-0.39, 0.29) is 17.9 Å². The molecule has 1 amide bonds. The number of carbonyl (C=O) groups is 1. The first-order valence-corrected chi connectivity index (χ1v) is 8.61. The molecule has 0 heterocycles. The zero-order valence-electron chi connectivity index (χ0n) is 16.1. The highest BCUT2D eigenvalue weighted by Crippen LogP contribution is 2.22. The Balaban J connectivity index is 1.88. The third-order valence-corrected chi connectivity index (χ3v) is 4.06. The molecule has 0 aliphatic carbocycles. The Labute approximate surface area is 155 Å². The normalized spacial score (nSPS) is 11.8. The van der Waals surface area contributed by atoms with Gasteiger partial charge in [-0.3, -0.25) is 4.79 Å². The zero-order valence-corrected chi connectivity index (χ0v) is 16.1. The second kappa shape index (κ2) is 8.52. The topological polar surface area (TPSA) is 62.7 Å². The standard InChI is InChI=1S/C21H27N3O2/c1-15(16-6-8-17(9-7-16)21(2,3)4)23-24-20(25)14-22-18-10-12-19(26-5)13-11-18/h6-13,22H,14H2,1-5H3,(H,24,25)/b23-15-. The lowest BCUT2D eigenvalue weighted by Gasteiger charge is -2.19. The zero-order chi connectivity index (χ0) is 19.2. The fourth-order valence-electron chi connectivity index (χ4n) is 2.35. The van der Waals surface area contributed by atoms with E-state index in [2.05, 4.69) is 48.7 Å². The molecular weight excluding hydrogens is 326 g/mol. The van der Waals surface area contributed by atoms with Crippen molar-refractivity contribution in [2.75, 3.05) is 19.0 Å². The first-order chi connectivity index (χ1) is 12.3. The number of rotatable bonds is 6. The molecular formula is C21H27N3O2. The number of hydrogen-bond donors (Lipinski definition) is 2. The molecule has 0 atom stereocenters. The van der Waals surface area contributed by atoms with Crippen molar-refractivity contribution in [3.63, 3.8) is 0 Å². The van der Waals surface area contributed by atoms with E-state index < -0.39 is 0 Å². The maximum Gasteiger partial charge on any atom is 0.259 e. The van der Waals surface area contributed by atoms with Gasteiger partial charge in [-0.1, -0.05) is 45.0 Å². The van der Waals surface area contributed by atoms with Gasteiger partial charge < -0.3 is 10.1 Å². The minimum absolute atomic E-state index is 0.116. The van der Waals surface area contributed by atoms with Gasteiger partial charge in [-0.25, -0.2) is 5.43 Å². The summed E-state index contributed by atoms with van der Waals surface area (Å²) in [6, 6.07) is 15.6. The van der Waals surface area contributed by atoms with Gasteiger partial charge in [0.15, 0.2) is 0 Å². The van der Waals surface area contributed by atoms with Crippen molar-refractivity contribution in [2.45, 2.75) is 33.1 Å². The second-order valence-electron chi connectivity index (χ2n) is 7.14. The average Bonchev–Trinajstić information content (AvgIpc) is 2.64. The lowest BCUT2D eigenvalue weighted by molar-refractivity contribution is -0.119. The minimum Gasteiger partial charge on any atom is -0.497 e. The summed E-state index contributed by atoms with van der Waals surface area (Å²) in [5.41, 5.74) is 6.56. The Morgan fingerprint density at radius 2 is 1.65 bits per heavy atom. The predicted octanol–water partition coefficient (Wildman–Crippen LogP) is 3.95. The number of benzene rings is 2. The lowest BCUT2D eigenvalue weighted by atomic mass is 9.86. The Hall–Kier alpha value is -2.82. The van der Waals surface area contributed by atoms with E-state index in [9.17, 15) is 4.79 Å². The second-order valence-corrected chi connectivity index (χ2v) is 7.14. The molecule has 0 saturated heterocycles. The Morgan fingerprint density at radius 1 is 1.04 bits per heavy atom. The molecule has 0 bridgehead atoms. The van der Waals surface area contributed by atoms with Crippen LogP contribution >= 0.6 is 0 Å². The number of anilines is 1. The van der Waals surface area contributed by atoms with E-state index in [0.29, 0.717) is 0 Å². The van der Waals surface area contributed by atoms with Crippen LogP contribution in [-0.4, -0.2) is 25.3 Å². The van der Waals surface area contributed by atoms with E-state index in [0.717, 1.165) is 22.7 Å². The smallest absolute Gasteiger partial charge is 0.259 e. The molecule has 0 fully saturated rings. The summed E-state index contributed by atoms with van der Waals surface area (Å²) in [5.74, 6) is 0.573. The van der Waals surface area contributed by atoms with Crippen LogP contribution in [0.2, 0.25) is 0 Å². The van der Waals surface area contributed by atoms with Crippen LogP contribution < -0.4 is 15.5 Å². The van der Waals surface area contributed by atoms with Crippen molar-refractivity contribution >= 4 is 17.3 Å². The van der Waals surface area contributed by atoms with Crippen molar-refractivity contribution < 1.29 is 9.53 Å². The summed E-state index contributed by atoms with van der Waals surface area (Å²) in [5, 5.41) is 7.23. The van der Waals surface area contributed by atoms with Gasteiger partial charge in [0.05, 0.1) is 19.4 Å². The number of carbonyl (C=O) groups excluding carboxylic acids is 1. The van der Waals surface area contributed by atoms with Crippen molar-refractivity contribution in [1.29, 1.82) is 0 Å². The Bertz CT molecular complexity index is 757. The molecule has 26 heavy (non-hydrogen) atoms. The summed E-state index contributed by atoms with van der Waals surface area (Å²) in [7, 11) is 1.62. The number of methoxy groups -OCH3 is 1. The maximum atomic E-state index is 12.0. The van der Waals surface area contributed by atoms with Crippen LogP contribution in [0.5, 0.6) is 5.75 Å². The highest BCUT2D eigenvalue weighted by atomic mass is 16.5. The summed E-state index contributed by atoms with van der Waals surface area (Å²) >= 11 is 0. The van der Waals surface area contributed by atoms with E-state index in [1.165, 1.54) is 5.56 Å². The van der Waals surface area contributed by atoms with E-state index in [1.807, 2.05) is 43.3 Å². The van der Waals surface area contributed by atoms with Gasteiger partial charge in [0.25, 0.3) is 5.91 Å². The molecule has 0 unspecified atom stereocenters. The molecule has 2 N–H and O–H groups in total. The quantitative estimate of drug-likeness (QED) is 0.611. The Morgan fingerprint density at radius 3 is 2.19 bits per heavy atom. The SMILES string of the molecule is COc1ccc(NCC(=O)N/N=C(/C)c2ccc(C(C)(C)C)cc2)cc1. The van der Waals surface area contributed by atoms with Gasteiger partial charge in [0, 0.05) is 5.69 Å². The summed E-state index contributed by atoms with van der Waals surface area (Å²) in [6.45, 7) is 8.56. The predicted molar refractivity (Wildman–Crippen MR) is 107 cm³/mol. The van der Waals surface area contributed by atoms with Crippen LogP contribution in [-0.2, 0) is 10.2 Å². The van der Waals surface area contributed by atoms with Gasteiger partial charge in [0.2, 0.25) is 0 Å². The van der Waals surface area contributed by atoms with Crippen LogP contribution in [0.4, 0.5) is 5.69 Å². The molecule has 0 saturated carbocycles. The largest absolute Gasteiger partial charge is 0.497 e. The molecule has 2 aromatic carbocycles. The average molecular weight is 353 g/mol. The highest BCUT2D eigenvalue weighted by molar-refractivity contribution is 5.99. The molecule has 0 aromatic heterocycles. The van der Waals surface area contributed by atoms with Gasteiger partial charge in [-0.15, -0.1) is 0 Å². The van der Waals surface area contributed by atoms with Crippen LogP contribution in [0.15, 0.2) is 53.6 Å². The molecule has 5 heteroatoms. The number of nitrogens with zero attached hydrogens (tertiary/aromatic N) is 1. The fourth-order valence-corrected chi connectivity index (χ4v) is 2.35. The first kappa shape index (κ1) is 19.5. The molecule has 5 nitrogen and oxygen atoms in total. The number of ether oxygens (including phenoxy) is 1. The van der Waals surface area contributed by atoms with E-state index >= 15 is 0 Å². The summed E-state index contributed by atoms with van der Waals surface area (Å²) in [6.07, 6.45) is 0. The number of amides is 1. The number of hydrazone groups is 1. The number of nitrogens with one attached hydrogen (secondary N) is 2. The third kappa shape index (κ3) is 5.62. The van der Waals surface area contributed by atoms with Crippen LogP contribution in [0, 0.1) is 0 Å². The van der Waals surface area contributed by atoms with Crippen molar-refractivity contribution in [2.24, 2.45) is 5.10 Å². The lowest BCUT2D eigenvalue weighted by Crippen LogP contribution is -2.26. The van der Waals surface area contributed by atoms with Crippen molar-refractivity contribution in [3.05, 3.63) is 59.7 Å². The van der Waals surface area contributed by atoms with Crippen LogP contribution in [0.1, 0.15) is 38.8 Å². The Kier molecular flexibility index (Phi) is 6.39. The summed E-state index contributed by atoms with van der Waals surface area (Å²) < 4.78 is 5.10. The fraction of sp³-hybridized carbons (Fsp3) is 0.333. The highest BCUT2D eigenvalue weighted by Gasteiger charge is 2.13. The minimum atomic E-state index is -0.202. The maximum absolute atomic E-state index is 12.0. The molecule has 0 aliphatic rings. The van der Waals surface area contributed by atoms with Gasteiger partial charge >= 0.3 is 0 Å². The van der Waals surface area contributed by atoms with Gasteiger partial charge in [0.1, 0.15) is 5.75 Å². The molecule has 0 spiro atoms. The van der Waals surface area contributed by atoms with Crippen LogP contribution in [0.25, 0.3) is 0 Å². The number of hydrogen-bond acceptors (Lipinski definition) is 4. The van der Waals surface area contributed by atoms with Crippen molar-refractivity contribution in [3.8, 4) is 5.75 Å². The first-order valence-electron chi connectivity index (χ1n) is 8.61. The van der Waals surface area contributed by atoms with E-state index in [4.69, 9.17) is 4.74 Å².